The van der Waals surface area contributed by atoms with Crippen molar-refractivity contribution in [1.29, 1.82) is 0 Å². The molecule has 5 nitrogen and oxygen atoms in total. The maximum Gasteiger partial charge on any atom is 0.255 e. The summed E-state index contributed by atoms with van der Waals surface area (Å²) in [6.07, 6.45) is 4.52. The standard InChI is InChI=1S/C23H19BrN4OS/c24-17-4-1-3-15(11-17)18-6-8-25-12-16(18)13-28-9-7-20-19(14-28)23(29)27-22(26-20)21-5-2-10-30-21/h1-6,8,10-12H,7,9,13-14H2,(H,26,27,29). The van der Waals surface area contributed by atoms with E-state index in [0.29, 0.717) is 12.4 Å². The van der Waals surface area contributed by atoms with Crippen LogP contribution in [-0.4, -0.2) is 26.4 Å². The van der Waals surface area contributed by atoms with Crippen molar-refractivity contribution >= 4 is 27.3 Å². The fourth-order valence-corrected chi connectivity index (χ4v) is 4.95. The van der Waals surface area contributed by atoms with Crippen molar-refractivity contribution in [2.45, 2.75) is 19.5 Å². The van der Waals surface area contributed by atoms with E-state index in [1.807, 2.05) is 42.0 Å². The van der Waals surface area contributed by atoms with Crippen LogP contribution in [0.5, 0.6) is 0 Å². The molecule has 0 fully saturated rings. The van der Waals surface area contributed by atoms with Gasteiger partial charge in [-0.25, -0.2) is 4.98 Å². The van der Waals surface area contributed by atoms with E-state index in [1.165, 1.54) is 0 Å². The minimum Gasteiger partial charge on any atom is -0.306 e. The van der Waals surface area contributed by atoms with Gasteiger partial charge in [-0.3, -0.25) is 14.7 Å². The summed E-state index contributed by atoms with van der Waals surface area (Å²) in [5, 5.41) is 1.99. The van der Waals surface area contributed by atoms with Crippen LogP contribution in [-0.2, 0) is 19.5 Å². The van der Waals surface area contributed by atoms with Crippen LogP contribution in [0, 0.1) is 0 Å². The summed E-state index contributed by atoms with van der Waals surface area (Å²) < 4.78 is 1.05. The van der Waals surface area contributed by atoms with Gasteiger partial charge >= 0.3 is 0 Å². The first-order chi connectivity index (χ1) is 14.7. The Balaban J connectivity index is 1.41. The van der Waals surface area contributed by atoms with E-state index in [1.54, 1.807) is 11.3 Å². The predicted octanol–water partition coefficient (Wildman–Crippen LogP) is 4.88. The number of aromatic nitrogens is 3. The smallest absolute Gasteiger partial charge is 0.255 e. The lowest BCUT2D eigenvalue weighted by Crippen LogP contribution is -2.35. The van der Waals surface area contributed by atoms with Gasteiger partial charge in [0.1, 0.15) is 0 Å². The third-order valence-corrected chi connectivity index (χ3v) is 6.71. The molecular formula is C23H19BrN4OS. The lowest BCUT2D eigenvalue weighted by molar-refractivity contribution is 0.242. The molecule has 1 N–H and O–H groups in total. The third kappa shape index (κ3) is 3.88. The lowest BCUT2D eigenvalue weighted by atomic mass is 10.00. The van der Waals surface area contributed by atoms with E-state index in [4.69, 9.17) is 4.98 Å². The molecule has 0 saturated carbocycles. The second-order valence-electron chi connectivity index (χ2n) is 7.32. The number of hydrogen-bond donors (Lipinski definition) is 1. The van der Waals surface area contributed by atoms with Crippen LogP contribution in [0.4, 0.5) is 0 Å². The third-order valence-electron chi connectivity index (χ3n) is 5.34. The molecule has 30 heavy (non-hydrogen) atoms. The zero-order valence-corrected chi connectivity index (χ0v) is 18.5. The van der Waals surface area contributed by atoms with Crippen LogP contribution >= 0.6 is 27.3 Å². The lowest BCUT2D eigenvalue weighted by Gasteiger charge is -2.28. The number of nitrogens with one attached hydrogen (secondary N) is 1. The maximum atomic E-state index is 12.8. The molecule has 3 aromatic heterocycles. The van der Waals surface area contributed by atoms with E-state index in [-0.39, 0.29) is 5.56 Å². The first-order valence-corrected chi connectivity index (χ1v) is 11.4. The van der Waals surface area contributed by atoms with E-state index < -0.39 is 0 Å². The van der Waals surface area contributed by atoms with Gasteiger partial charge in [-0.2, -0.15) is 0 Å². The fourth-order valence-electron chi connectivity index (χ4n) is 3.88. The minimum absolute atomic E-state index is 0.0356. The number of hydrogen-bond acceptors (Lipinski definition) is 5. The number of aromatic amines is 1. The summed E-state index contributed by atoms with van der Waals surface area (Å²) in [5.41, 5.74) is 5.12. The highest BCUT2D eigenvalue weighted by molar-refractivity contribution is 9.10. The molecule has 1 aliphatic rings. The minimum atomic E-state index is -0.0356. The summed E-state index contributed by atoms with van der Waals surface area (Å²) in [5.74, 6) is 0.673. The quantitative estimate of drug-likeness (QED) is 0.453. The van der Waals surface area contributed by atoms with Crippen LogP contribution in [0.3, 0.4) is 0 Å². The van der Waals surface area contributed by atoms with Gasteiger partial charge in [0.15, 0.2) is 5.82 Å². The van der Waals surface area contributed by atoms with Crippen molar-refractivity contribution in [3.8, 4) is 21.8 Å². The Hall–Kier alpha value is -2.61. The monoisotopic (exact) mass is 478 g/mol. The molecule has 0 radical (unpaired) electrons. The van der Waals surface area contributed by atoms with Crippen LogP contribution in [0.2, 0.25) is 0 Å². The second kappa shape index (κ2) is 8.26. The number of rotatable bonds is 4. The molecule has 4 heterocycles. The second-order valence-corrected chi connectivity index (χ2v) is 9.18. The molecule has 0 atom stereocenters. The van der Waals surface area contributed by atoms with Gasteiger partial charge in [-0.15, -0.1) is 11.3 Å². The molecule has 0 spiro atoms. The molecule has 0 bridgehead atoms. The van der Waals surface area contributed by atoms with Crippen LogP contribution in [0.1, 0.15) is 16.8 Å². The Labute approximate surface area is 186 Å². The average Bonchev–Trinajstić information content (AvgIpc) is 3.29. The van der Waals surface area contributed by atoms with Crippen molar-refractivity contribution in [2.24, 2.45) is 0 Å². The fraction of sp³-hybridized carbons (Fsp3) is 0.174. The summed E-state index contributed by atoms with van der Waals surface area (Å²) >= 11 is 5.14. The van der Waals surface area contributed by atoms with Crippen molar-refractivity contribution in [3.63, 3.8) is 0 Å². The molecule has 0 unspecified atom stereocenters. The van der Waals surface area contributed by atoms with Crippen LogP contribution in [0.25, 0.3) is 21.8 Å². The number of H-pyrrole nitrogens is 1. The molecule has 5 rings (SSSR count). The van der Waals surface area contributed by atoms with Crippen molar-refractivity contribution in [2.75, 3.05) is 6.54 Å². The Morgan fingerprint density at radius 1 is 1.20 bits per heavy atom. The van der Waals surface area contributed by atoms with Crippen molar-refractivity contribution in [1.82, 2.24) is 19.9 Å². The highest BCUT2D eigenvalue weighted by Crippen LogP contribution is 2.28. The van der Waals surface area contributed by atoms with Gasteiger partial charge in [-0.1, -0.05) is 34.1 Å². The van der Waals surface area contributed by atoms with Gasteiger partial charge in [0.25, 0.3) is 5.56 Å². The zero-order chi connectivity index (χ0) is 20.5. The average molecular weight is 479 g/mol. The number of fused-ring (bicyclic) bond motifs is 1. The first-order valence-electron chi connectivity index (χ1n) is 9.74. The van der Waals surface area contributed by atoms with E-state index in [2.05, 4.69) is 49.0 Å². The van der Waals surface area contributed by atoms with Crippen LogP contribution in [0.15, 0.2) is 69.5 Å². The largest absolute Gasteiger partial charge is 0.306 e. The number of halogens is 1. The molecule has 7 heteroatoms. The topological polar surface area (TPSA) is 61.9 Å². The Morgan fingerprint density at radius 2 is 2.13 bits per heavy atom. The molecular weight excluding hydrogens is 460 g/mol. The summed E-state index contributed by atoms with van der Waals surface area (Å²) in [6, 6.07) is 14.3. The summed E-state index contributed by atoms with van der Waals surface area (Å²) in [4.78, 5) is 28.1. The molecule has 0 aliphatic carbocycles. The molecule has 1 aromatic carbocycles. The maximum absolute atomic E-state index is 12.8. The zero-order valence-electron chi connectivity index (χ0n) is 16.1. The van der Waals surface area contributed by atoms with Crippen molar-refractivity contribution < 1.29 is 0 Å². The van der Waals surface area contributed by atoms with E-state index >= 15 is 0 Å². The first kappa shape index (κ1) is 19.4. The van der Waals surface area contributed by atoms with E-state index in [9.17, 15) is 4.79 Å². The van der Waals surface area contributed by atoms with Crippen LogP contribution < -0.4 is 5.56 Å². The number of nitrogens with zero attached hydrogens (tertiary/aromatic N) is 3. The highest BCUT2D eigenvalue weighted by atomic mass is 79.9. The number of thiophene rings is 1. The van der Waals surface area contributed by atoms with Gasteiger partial charge < -0.3 is 4.98 Å². The molecule has 1 aliphatic heterocycles. The van der Waals surface area contributed by atoms with Gasteiger partial charge in [0.2, 0.25) is 0 Å². The Kier molecular flexibility index (Phi) is 5.33. The number of benzene rings is 1. The Morgan fingerprint density at radius 3 is 2.97 bits per heavy atom. The summed E-state index contributed by atoms with van der Waals surface area (Å²) in [6.45, 7) is 2.19. The van der Waals surface area contributed by atoms with E-state index in [0.717, 1.165) is 56.8 Å². The SMILES string of the molecule is O=c1[nH]c(-c2cccs2)nc2c1CN(Cc1cnccc1-c1cccc(Br)c1)CC2. The molecule has 0 saturated heterocycles. The predicted molar refractivity (Wildman–Crippen MR) is 123 cm³/mol. The molecule has 150 valence electrons. The molecule has 4 aromatic rings. The van der Waals surface area contributed by atoms with Gasteiger partial charge in [-0.05, 0) is 46.3 Å². The summed E-state index contributed by atoms with van der Waals surface area (Å²) in [7, 11) is 0. The Bertz CT molecular complexity index is 1250. The van der Waals surface area contributed by atoms with Crippen molar-refractivity contribution in [3.05, 3.63) is 91.9 Å². The van der Waals surface area contributed by atoms with Gasteiger partial charge in [0.05, 0.1) is 16.1 Å². The highest BCUT2D eigenvalue weighted by Gasteiger charge is 2.22. The molecule has 0 amide bonds. The number of pyridine rings is 1. The van der Waals surface area contributed by atoms with Gasteiger partial charge in [0, 0.05) is 42.9 Å². The normalized spacial score (nSPS) is 13.9.